The van der Waals surface area contributed by atoms with Crippen LogP contribution in [0.15, 0.2) is 27.5 Å². The second-order valence-corrected chi connectivity index (χ2v) is 6.46. The Morgan fingerprint density at radius 2 is 2.31 bits per heavy atom. The Balaban J connectivity index is 2.30. The van der Waals surface area contributed by atoms with Crippen LogP contribution in [-0.4, -0.2) is 15.7 Å². The third kappa shape index (κ3) is 1.45. The summed E-state index contributed by atoms with van der Waals surface area (Å²) in [6.45, 7) is 0. The molecular formula is C10H5BrN2OS2. The second-order valence-electron chi connectivity index (χ2n) is 3.12. The van der Waals surface area contributed by atoms with E-state index in [9.17, 15) is 4.79 Å². The van der Waals surface area contributed by atoms with Gasteiger partial charge in [0.05, 0.1) is 8.66 Å². The number of halogens is 1. The lowest BCUT2D eigenvalue weighted by molar-refractivity contribution is 0.111. The predicted octanol–water partition coefficient (Wildman–Crippen LogP) is 3.70. The van der Waals surface area contributed by atoms with Gasteiger partial charge in [-0.3, -0.25) is 9.20 Å². The van der Waals surface area contributed by atoms with Crippen LogP contribution in [0.25, 0.3) is 15.5 Å². The summed E-state index contributed by atoms with van der Waals surface area (Å²) in [7, 11) is 0. The smallest absolute Gasteiger partial charge is 0.194 e. The van der Waals surface area contributed by atoms with E-state index in [1.807, 2.05) is 28.1 Å². The van der Waals surface area contributed by atoms with E-state index in [1.165, 1.54) is 11.3 Å². The van der Waals surface area contributed by atoms with Crippen LogP contribution in [0.3, 0.4) is 0 Å². The van der Waals surface area contributed by atoms with Gasteiger partial charge in [-0.1, -0.05) is 0 Å². The summed E-state index contributed by atoms with van der Waals surface area (Å²) >= 11 is 6.51. The Morgan fingerprint density at radius 1 is 1.44 bits per heavy atom. The number of rotatable bonds is 2. The monoisotopic (exact) mass is 312 g/mol. The van der Waals surface area contributed by atoms with E-state index in [-0.39, 0.29) is 0 Å². The molecule has 80 valence electrons. The zero-order chi connectivity index (χ0) is 11.1. The van der Waals surface area contributed by atoms with E-state index in [0.717, 1.165) is 25.6 Å². The van der Waals surface area contributed by atoms with Gasteiger partial charge in [0.25, 0.3) is 0 Å². The average Bonchev–Trinajstić information content (AvgIpc) is 2.90. The molecule has 0 saturated carbocycles. The van der Waals surface area contributed by atoms with E-state index < -0.39 is 0 Å². The fourth-order valence-electron chi connectivity index (χ4n) is 1.54. The lowest BCUT2D eigenvalue weighted by atomic mass is 10.3. The van der Waals surface area contributed by atoms with Crippen LogP contribution < -0.4 is 0 Å². The van der Waals surface area contributed by atoms with Crippen molar-refractivity contribution in [3.8, 4) is 10.6 Å². The highest BCUT2D eigenvalue weighted by atomic mass is 79.9. The maximum absolute atomic E-state index is 11.1. The van der Waals surface area contributed by atoms with Crippen LogP contribution in [0.2, 0.25) is 0 Å². The van der Waals surface area contributed by atoms with Gasteiger partial charge < -0.3 is 0 Å². The summed E-state index contributed by atoms with van der Waals surface area (Å²) in [5.74, 6) is 0. The quantitative estimate of drug-likeness (QED) is 0.676. The summed E-state index contributed by atoms with van der Waals surface area (Å²) in [5.41, 5.74) is 1.38. The van der Waals surface area contributed by atoms with Crippen LogP contribution >= 0.6 is 38.6 Å². The predicted molar refractivity (Wildman–Crippen MR) is 69.5 cm³/mol. The minimum Gasteiger partial charge on any atom is -0.296 e. The van der Waals surface area contributed by atoms with Crippen molar-refractivity contribution in [2.45, 2.75) is 0 Å². The number of nitrogens with zero attached hydrogens (tertiary/aromatic N) is 2. The van der Waals surface area contributed by atoms with E-state index in [2.05, 4.69) is 20.9 Å². The largest absolute Gasteiger partial charge is 0.296 e. The lowest BCUT2D eigenvalue weighted by Gasteiger charge is -1.92. The zero-order valence-electron chi connectivity index (χ0n) is 7.88. The summed E-state index contributed by atoms with van der Waals surface area (Å²) in [5, 5.41) is 1.92. The van der Waals surface area contributed by atoms with Gasteiger partial charge in [-0.15, -0.1) is 22.7 Å². The summed E-state index contributed by atoms with van der Waals surface area (Å²) in [6, 6.07) is 3.93. The van der Waals surface area contributed by atoms with Gasteiger partial charge in [0.15, 0.2) is 11.2 Å². The van der Waals surface area contributed by atoms with Crippen LogP contribution in [0.1, 0.15) is 10.5 Å². The molecule has 0 aliphatic heterocycles. The number of hydrogen-bond acceptors (Lipinski definition) is 4. The third-order valence-electron chi connectivity index (χ3n) is 2.22. The Morgan fingerprint density at radius 3 is 3.00 bits per heavy atom. The molecule has 3 aromatic rings. The van der Waals surface area contributed by atoms with E-state index in [1.54, 1.807) is 11.3 Å². The molecule has 3 heterocycles. The van der Waals surface area contributed by atoms with Crippen molar-refractivity contribution in [1.29, 1.82) is 0 Å². The van der Waals surface area contributed by atoms with Gasteiger partial charge in [0.2, 0.25) is 0 Å². The number of aldehydes is 1. The van der Waals surface area contributed by atoms with Gasteiger partial charge in [0.1, 0.15) is 11.4 Å². The Labute approximate surface area is 108 Å². The number of thiophene rings is 1. The summed E-state index contributed by atoms with van der Waals surface area (Å²) in [6.07, 6.45) is 2.72. The fourth-order valence-corrected chi connectivity index (χ4v) is 3.64. The molecule has 0 aromatic carbocycles. The molecule has 3 nitrogen and oxygen atoms in total. The Kier molecular flexibility index (Phi) is 2.42. The first-order valence-corrected chi connectivity index (χ1v) is 6.95. The van der Waals surface area contributed by atoms with Gasteiger partial charge in [-0.25, -0.2) is 4.98 Å². The number of carbonyl (C=O) groups is 1. The molecule has 0 bridgehead atoms. The maximum Gasteiger partial charge on any atom is 0.194 e. The normalized spacial score (nSPS) is 11.1. The summed E-state index contributed by atoms with van der Waals surface area (Å²) < 4.78 is 2.86. The van der Waals surface area contributed by atoms with Crippen molar-refractivity contribution in [3.63, 3.8) is 0 Å². The topological polar surface area (TPSA) is 34.4 Å². The second kappa shape index (κ2) is 3.80. The third-order valence-corrected chi connectivity index (χ3v) is 4.60. The SMILES string of the molecule is O=Cc1c(-c2ccc(Br)s2)nc2sccn12. The summed E-state index contributed by atoms with van der Waals surface area (Å²) in [4.78, 5) is 17.4. The number of thiazole rings is 1. The van der Waals surface area contributed by atoms with Crippen molar-refractivity contribution in [1.82, 2.24) is 9.38 Å². The maximum atomic E-state index is 11.1. The first-order valence-electron chi connectivity index (χ1n) is 4.46. The highest BCUT2D eigenvalue weighted by Crippen LogP contribution is 2.33. The highest BCUT2D eigenvalue weighted by molar-refractivity contribution is 9.11. The molecule has 0 aliphatic carbocycles. The van der Waals surface area contributed by atoms with Gasteiger partial charge in [-0.05, 0) is 28.1 Å². The first-order chi connectivity index (χ1) is 7.79. The van der Waals surface area contributed by atoms with Crippen molar-refractivity contribution in [2.75, 3.05) is 0 Å². The van der Waals surface area contributed by atoms with E-state index in [4.69, 9.17) is 0 Å². The molecule has 3 rings (SSSR count). The van der Waals surface area contributed by atoms with Crippen LogP contribution in [-0.2, 0) is 0 Å². The molecule has 0 saturated heterocycles. The number of carbonyl (C=O) groups excluding carboxylic acids is 1. The molecule has 0 fully saturated rings. The van der Waals surface area contributed by atoms with E-state index >= 15 is 0 Å². The van der Waals surface area contributed by atoms with Crippen molar-refractivity contribution < 1.29 is 4.79 Å². The number of aromatic nitrogens is 2. The molecule has 0 amide bonds. The molecule has 0 unspecified atom stereocenters. The highest BCUT2D eigenvalue weighted by Gasteiger charge is 2.15. The lowest BCUT2D eigenvalue weighted by Crippen LogP contribution is -1.88. The van der Waals surface area contributed by atoms with Crippen LogP contribution in [0, 0.1) is 0 Å². The molecule has 0 N–H and O–H groups in total. The molecule has 0 radical (unpaired) electrons. The first kappa shape index (κ1) is 10.2. The molecular weight excluding hydrogens is 308 g/mol. The molecule has 0 atom stereocenters. The minimum atomic E-state index is 0.616. The number of hydrogen-bond donors (Lipinski definition) is 0. The molecule has 0 spiro atoms. The minimum absolute atomic E-state index is 0.616. The average molecular weight is 313 g/mol. The van der Waals surface area contributed by atoms with Crippen molar-refractivity contribution in [3.05, 3.63) is 33.2 Å². The van der Waals surface area contributed by atoms with Gasteiger partial charge in [-0.2, -0.15) is 0 Å². The fraction of sp³-hybridized carbons (Fsp3) is 0. The standard InChI is InChI=1S/C10H5BrN2OS2/c11-8-2-1-7(16-8)9-6(5-14)13-3-4-15-10(13)12-9/h1-5H. The Bertz CT molecular complexity index is 667. The van der Waals surface area contributed by atoms with E-state index in [0.29, 0.717) is 5.69 Å². The van der Waals surface area contributed by atoms with Crippen molar-refractivity contribution in [2.24, 2.45) is 0 Å². The van der Waals surface area contributed by atoms with Crippen molar-refractivity contribution >= 4 is 49.9 Å². The van der Waals surface area contributed by atoms with Crippen LogP contribution in [0.4, 0.5) is 0 Å². The zero-order valence-corrected chi connectivity index (χ0v) is 11.1. The molecule has 3 aromatic heterocycles. The molecule has 6 heteroatoms. The van der Waals surface area contributed by atoms with Gasteiger partial charge in [0, 0.05) is 11.6 Å². The molecule has 16 heavy (non-hydrogen) atoms. The van der Waals surface area contributed by atoms with Crippen LogP contribution in [0.5, 0.6) is 0 Å². The number of fused-ring (bicyclic) bond motifs is 1. The molecule has 0 aliphatic rings. The Hall–Kier alpha value is -0.980. The van der Waals surface area contributed by atoms with Gasteiger partial charge >= 0.3 is 0 Å². The number of imidazole rings is 1.